The molecule has 0 unspecified atom stereocenters. The molecule has 0 atom stereocenters. The fourth-order valence-electron chi connectivity index (χ4n) is 3.44. The Hall–Kier alpha value is -3.35. The van der Waals surface area contributed by atoms with E-state index in [0.29, 0.717) is 30.1 Å². The van der Waals surface area contributed by atoms with Crippen molar-refractivity contribution >= 4 is 22.8 Å². The van der Waals surface area contributed by atoms with Crippen molar-refractivity contribution in [1.29, 1.82) is 0 Å². The maximum Gasteiger partial charge on any atom is 0.337 e. The lowest BCUT2D eigenvalue weighted by atomic mass is 10.0. The van der Waals surface area contributed by atoms with Crippen LogP contribution in [0.4, 0.5) is 0 Å². The highest BCUT2D eigenvalue weighted by Gasteiger charge is 2.25. The molecule has 3 aromatic rings. The van der Waals surface area contributed by atoms with Gasteiger partial charge >= 0.3 is 5.97 Å². The first kappa shape index (κ1) is 17.1. The van der Waals surface area contributed by atoms with Crippen LogP contribution in [0.15, 0.2) is 36.5 Å². The molecule has 0 fully saturated rings. The Morgan fingerprint density at radius 3 is 2.67 bits per heavy atom. The Balaban J connectivity index is 1.64. The molecule has 7 nitrogen and oxygen atoms in total. The van der Waals surface area contributed by atoms with Crippen LogP contribution in [0.5, 0.6) is 5.88 Å². The molecule has 0 saturated carbocycles. The molecule has 0 bridgehead atoms. The number of esters is 1. The van der Waals surface area contributed by atoms with Gasteiger partial charge in [-0.1, -0.05) is 0 Å². The standard InChI is InChI=1S/C20H19N3O4/c1-26-18-6-4-13(10-21-18)19(24)23-8-7-17-15(11-23)14-9-12(20(25)27-2)3-5-16(14)22-17/h3-6,9-10,22H,7-8,11H2,1-2H3. The number of nitrogens with zero attached hydrogens (tertiary/aromatic N) is 2. The predicted molar refractivity (Wildman–Crippen MR) is 98.9 cm³/mol. The summed E-state index contributed by atoms with van der Waals surface area (Å²) >= 11 is 0. The number of methoxy groups -OCH3 is 2. The lowest BCUT2D eigenvalue weighted by Gasteiger charge is -2.27. The number of rotatable bonds is 3. The van der Waals surface area contributed by atoms with Crippen molar-refractivity contribution < 1.29 is 19.1 Å². The number of carbonyl (C=O) groups excluding carboxylic acids is 2. The molecule has 0 radical (unpaired) electrons. The monoisotopic (exact) mass is 365 g/mol. The summed E-state index contributed by atoms with van der Waals surface area (Å²) in [6, 6.07) is 8.83. The quantitative estimate of drug-likeness (QED) is 0.721. The van der Waals surface area contributed by atoms with E-state index in [0.717, 1.165) is 28.6 Å². The second kappa shape index (κ2) is 6.75. The molecular formula is C20H19N3O4. The highest BCUT2D eigenvalue weighted by molar-refractivity contribution is 5.97. The van der Waals surface area contributed by atoms with Crippen molar-refractivity contribution in [3.05, 3.63) is 58.9 Å². The van der Waals surface area contributed by atoms with Crippen LogP contribution >= 0.6 is 0 Å². The number of H-pyrrole nitrogens is 1. The molecule has 138 valence electrons. The predicted octanol–water partition coefficient (Wildman–Crippen LogP) is 2.56. The van der Waals surface area contributed by atoms with Crippen molar-refractivity contribution in [2.45, 2.75) is 13.0 Å². The zero-order chi connectivity index (χ0) is 19.0. The number of benzene rings is 1. The van der Waals surface area contributed by atoms with Crippen LogP contribution in [-0.4, -0.2) is 47.5 Å². The first-order chi connectivity index (χ1) is 13.1. The average molecular weight is 365 g/mol. The second-order valence-electron chi connectivity index (χ2n) is 6.40. The van der Waals surface area contributed by atoms with Crippen molar-refractivity contribution in [2.24, 2.45) is 0 Å². The minimum atomic E-state index is -0.375. The maximum atomic E-state index is 12.8. The number of nitrogens with one attached hydrogen (secondary N) is 1. The Kier molecular flexibility index (Phi) is 4.27. The minimum Gasteiger partial charge on any atom is -0.481 e. The van der Waals surface area contributed by atoms with Gasteiger partial charge in [-0.25, -0.2) is 9.78 Å². The molecule has 0 aliphatic carbocycles. The van der Waals surface area contributed by atoms with E-state index in [-0.39, 0.29) is 11.9 Å². The molecule has 0 saturated heterocycles. The number of aromatic nitrogens is 2. The van der Waals surface area contributed by atoms with Gasteiger partial charge in [-0.05, 0) is 24.3 Å². The van der Waals surface area contributed by atoms with Crippen molar-refractivity contribution in [1.82, 2.24) is 14.9 Å². The van der Waals surface area contributed by atoms with Crippen LogP contribution in [0.1, 0.15) is 32.0 Å². The fourth-order valence-corrected chi connectivity index (χ4v) is 3.44. The van der Waals surface area contributed by atoms with Gasteiger partial charge in [0.2, 0.25) is 5.88 Å². The van der Waals surface area contributed by atoms with Gasteiger partial charge < -0.3 is 19.4 Å². The summed E-state index contributed by atoms with van der Waals surface area (Å²) < 4.78 is 9.85. The molecule has 7 heteroatoms. The molecule has 3 heterocycles. The molecular weight excluding hydrogens is 346 g/mol. The third-order valence-electron chi connectivity index (χ3n) is 4.88. The largest absolute Gasteiger partial charge is 0.481 e. The van der Waals surface area contributed by atoms with E-state index in [4.69, 9.17) is 9.47 Å². The van der Waals surface area contributed by atoms with Gasteiger partial charge in [0.05, 0.1) is 25.3 Å². The third-order valence-corrected chi connectivity index (χ3v) is 4.88. The number of fused-ring (bicyclic) bond motifs is 3. The highest BCUT2D eigenvalue weighted by atomic mass is 16.5. The molecule has 0 spiro atoms. The summed E-state index contributed by atoms with van der Waals surface area (Å²) in [6.07, 6.45) is 2.26. The first-order valence-electron chi connectivity index (χ1n) is 8.62. The van der Waals surface area contributed by atoms with Gasteiger partial charge in [0.1, 0.15) is 0 Å². The van der Waals surface area contributed by atoms with Crippen molar-refractivity contribution in [3.8, 4) is 5.88 Å². The van der Waals surface area contributed by atoms with Crippen LogP contribution in [0.3, 0.4) is 0 Å². The van der Waals surface area contributed by atoms with E-state index in [1.165, 1.54) is 20.4 Å². The molecule has 1 aromatic carbocycles. The number of hydrogen-bond acceptors (Lipinski definition) is 5. The van der Waals surface area contributed by atoms with E-state index in [2.05, 4.69) is 9.97 Å². The van der Waals surface area contributed by atoms with E-state index in [9.17, 15) is 9.59 Å². The summed E-state index contributed by atoms with van der Waals surface area (Å²) in [5.74, 6) is 0.0219. The normalized spacial score (nSPS) is 13.3. The molecule has 2 aromatic heterocycles. The van der Waals surface area contributed by atoms with Crippen LogP contribution in [0.25, 0.3) is 10.9 Å². The zero-order valence-electron chi connectivity index (χ0n) is 15.1. The van der Waals surface area contributed by atoms with Crippen molar-refractivity contribution in [2.75, 3.05) is 20.8 Å². The molecule has 27 heavy (non-hydrogen) atoms. The van der Waals surface area contributed by atoms with E-state index in [1.807, 2.05) is 12.1 Å². The van der Waals surface area contributed by atoms with Gasteiger partial charge in [0.15, 0.2) is 0 Å². The number of amides is 1. The SMILES string of the molecule is COC(=O)c1ccc2[nH]c3c(c2c1)CN(C(=O)c1ccc(OC)nc1)CC3. The van der Waals surface area contributed by atoms with Gasteiger partial charge in [-0.2, -0.15) is 0 Å². The Labute approximate surface area is 155 Å². The van der Waals surface area contributed by atoms with Gasteiger partial charge in [0.25, 0.3) is 5.91 Å². The summed E-state index contributed by atoms with van der Waals surface area (Å²) in [5.41, 5.74) is 4.11. The Bertz CT molecular complexity index is 1020. The van der Waals surface area contributed by atoms with Crippen LogP contribution in [-0.2, 0) is 17.7 Å². The molecule has 1 aliphatic rings. The summed E-state index contributed by atoms with van der Waals surface area (Å²) in [5, 5.41) is 0.943. The smallest absolute Gasteiger partial charge is 0.337 e. The van der Waals surface area contributed by atoms with Crippen LogP contribution in [0.2, 0.25) is 0 Å². The van der Waals surface area contributed by atoms with E-state index >= 15 is 0 Å². The number of pyridine rings is 1. The summed E-state index contributed by atoms with van der Waals surface area (Å²) in [6.45, 7) is 1.10. The Morgan fingerprint density at radius 2 is 1.96 bits per heavy atom. The summed E-state index contributed by atoms with van der Waals surface area (Å²) in [4.78, 5) is 34.0. The van der Waals surface area contributed by atoms with Gasteiger partial charge in [-0.3, -0.25) is 4.79 Å². The first-order valence-corrected chi connectivity index (χ1v) is 8.62. The van der Waals surface area contributed by atoms with E-state index in [1.54, 1.807) is 23.1 Å². The molecule has 1 amide bonds. The second-order valence-corrected chi connectivity index (χ2v) is 6.40. The average Bonchev–Trinajstić information content (AvgIpc) is 3.09. The van der Waals surface area contributed by atoms with Gasteiger partial charge in [-0.15, -0.1) is 0 Å². The Morgan fingerprint density at radius 1 is 1.15 bits per heavy atom. The van der Waals surface area contributed by atoms with Gasteiger partial charge in [0, 0.05) is 53.9 Å². The third kappa shape index (κ3) is 3.01. The number of aromatic amines is 1. The number of carbonyl (C=O) groups is 2. The topological polar surface area (TPSA) is 84.5 Å². The molecule has 4 rings (SSSR count). The summed E-state index contributed by atoms with van der Waals surface area (Å²) in [7, 11) is 2.90. The lowest BCUT2D eigenvalue weighted by Crippen LogP contribution is -2.35. The zero-order valence-corrected chi connectivity index (χ0v) is 15.1. The minimum absolute atomic E-state index is 0.0747. The lowest BCUT2D eigenvalue weighted by molar-refractivity contribution is 0.0600. The maximum absolute atomic E-state index is 12.8. The van der Waals surface area contributed by atoms with E-state index < -0.39 is 0 Å². The van der Waals surface area contributed by atoms with Crippen molar-refractivity contribution in [3.63, 3.8) is 0 Å². The molecule has 1 N–H and O–H groups in total. The highest BCUT2D eigenvalue weighted by Crippen LogP contribution is 2.29. The number of hydrogen-bond donors (Lipinski definition) is 1. The number of ether oxygens (including phenoxy) is 2. The fraction of sp³-hybridized carbons (Fsp3) is 0.250. The van der Waals surface area contributed by atoms with Crippen LogP contribution in [0, 0.1) is 0 Å². The molecule has 1 aliphatic heterocycles. The van der Waals surface area contributed by atoms with Crippen LogP contribution < -0.4 is 4.74 Å².